The molecule has 2 aromatic rings. The van der Waals surface area contributed by atoms with E-state index in [1.165, 1.54) is 11.3 Å². The maximum absolute atomic E-state index is 12.1. The number of aromatic nitrogens is 1. The minimum Gasteiger partial charge on any atom is -0.321 e. The lowest BCUT2D eigenvalue weighted by Gasteiger charge is -2.21. The van der Waals surface area contributed by atoms with Crippen LogP contribution in [0.2, 0.25) is 0 Å². The van der Waals surface area contributed by atoms with Crippen LogP contribution in [0.1, 0.15) is 28.0 Å². The molecule has 7 nitrogen and oxygen atoms in total. The molecule has 0 bridgehead atoms. The first-order chi connectivity index (χ1) is 10.9. The van der Waals surface area contributed by atoms with Gasteiger partial charge in [0.05, 0.1) is 5.01 Å². The third kappa shape index (κ3) is 2.80. The number of aryl methyl sites for hydroxylation is 1. The van der Waals surface area contributed by atoms with Crippen molar-refractivity contribution >= 4 is 34.9 Å². The van der Waals surface area contributed by atoms with Crippen molar-refractivity contribution in [2.24, 2.45) is 0 Å². The third-order valence-electron chi connectivity index (χ3n) is 3.59. The van der Waals surface area contributed by atoms with Gasteiger partial charge < -0.3 is 10.6 Å². The van der Waals surface area contributed by atoms with Gasteiger partial charge in [-0.05, 0) is 31.5 Å². The Morgan fingerprint density at radius 1 is 1.35 bits per heavy atom. The van der Waals surface area contributed by atoms with Crippen LogP contribution in [-0.4, -0.2) is 22.8 Å². The Balaban J connectivity index is 1.84. The molecule has 0 radical (unpaired) electrons. The van der Waals surface area contributed by atoms with E-state index in [2.05, 4.69) is 20.9 Å². The van der Waals surface area contributed by atoms with E-state index in [1.807, 2.05) is 6.92 Å². The lowest BCUT2D eigenvalue weighted by Crippen LogP contribution is -2.40. The van der Waals surface area contributed by atoms with Crippen LogP contribution in [0.25, 0.3) is 0 Å². The van der Waals surface area contributed by atoms with Gasteiger partial charge in [0.15, 0.2) is 0 Å². The van der Waals surface area contributed by atoms with Gasteiger partial charge in [-0.1, -0.05) is 12.1 Å². The number of thiazole rings is 1. The Morgan fingerprint density at radius 3 is 2.74 bits per heavy atom. The van der Waals surface area contributed by atoms with Gasteiger partial charge in [0.2, 0.25) is 0 Å². The number of hydrogen-bond acceptors (Lipinski definition) is 5. The fourth-order valence-electron chi connectivity index (χ4n) is 2.32. The van der Waals surface area contributed by atoms with Crippen LogP contribution in [0.3, 0.4) is 0 Å². The SMILES string of the molecule is Cc1nc(C(=O)Nc2cccc(C3(C)NC(=O)NC3=O)c2)cs1. The quantitative estimate of drug-likeness (QED) is 0.747. The molecule has 0 spiro atoms. The van der Waals surface area contributed by atoms with E-state index in [0.717, 1.165) is 5.01 Å². The zero-order valence-corrected chi connectivity index (χ0v) is 13.3. The maximum atomic E-state index is 12.1. The number of nitrogens with one attached hydrogen (secondary N) is 3. The van der Waals surface area contributed by atoms with Crippen molar-refractivity contribution in [2.75, 3.05) is 5.32 Å². The average molecular weight is 330 g/mol. The zero-order chi connectivity index (χ0) is 16.6. The molecule has 8 heteroatoms. The Morgan fingerprint density at radius 2 is 2.13 bits per heavy atom. The van der Waals surface area contributed by atoms with Gasteiger partial charge >= 0.3 is 6.03 Å². The molecule has 1 saturated heterocycles. The molecule has 118 valence electrons. The summed E-state index contributed by atoms with van der Waals surface area (Å²) in [4.78, 5) is 39.6. The minimum atomic E-state index is -1.16. The zero-order valence-electron chi connectivity index (χ0n) is 12.5. The van der Waals surface area contributed by atoms with Crippen molar-refractivity contribution in [3.8, 4) is 0 Å². The van der Waals surface area contributed by atoms with Crippen LogP contribution >= 0.6 is 11.3 Å². The summed E-state index contributed by atoms with van der Waals surface area (Å²) >= 11 is 1.39. The molecule has 1 atom stereocenters. The third-order valence-corrected chi connectivity index (χ3v) is 4.37. The second-order valence-corrected chi connectivity index (χ2v) is 6.38. The molecule has 4 amide bonds. The van der Waals surface area contributed by atoms with Crippen LogP contribution in [-0.2, 0) is 10.3 Å². The Bertz CT molecular complexity index is 817. The highest BCUT2D eigenvalue weighted by atomic mass is 32.1. The van der Waals surface area contributed by atoms with Crippen molar-refractivity contribution in [1.82, 2.24) is 15.6 Å². The first kappa shape index (κ1) is 15.2. The molecule has 3 rings (SSSR count). The predicted octanol–water partition coefficient (Wildman–Crippen LogP) is 1.76. The van der Waals surface area contributed by atoms with E-state index >= 15 is 0 Å². The number of hydrogen-bond donors (Lipinski definition) is 3. The number of urea groups is 1. The Labute approximate surface area is 136 Å². The molecule has 1 aromatic carbocycles. The van der Waals surface area contributed by atoms with E-state index in [0.29, 0.717) is 16.9 Å². The van der Waals surface area contributed by atoms with Crippen molar-refractivity contribution < 1.29 is 14.4 Å². The molecule has 1 aromatic heterocycles. The largest absolute Gasteiger partial charge is 0.322 e. The number of carbonyl (C=O) groups is 3. The van der Waals surface area contributed by atoms with E-state index in [9.17, 15) is 14.4 Å². The molecule has 23 heavy (non-hydrogen) atoms. The minimum absolute atomic E-state index is 0.323. The van der Waals surface area contributed by atoms with E-state index in [1.54, 1.807) is 36.6 Å². The summed E-state index contributed by atoms with van der Waals surface area (Å²) in [5.74, 6) is -0.752. The van der Waals surface area contributed by atoms with E-state index in [-0.39, 0.29) is 5.91 Å². The number of rotatable bonds is 3. The topological polar surface area (TPSA) is 100 Å². The van der Waals surface area contributed by atoms with Crippen molar-refractivity contribution in [3.63, 3.8) is 0 Å². The number of amides is 4. The van der Waals surface area contributed by atoms with Crippen molar-refractivity contribution in [2.45, 2.75) is 19.4 Å². The van der Waals surface area contributed by atoms with E-state index < -0.39 is 17.5 Å². The molecule has 3 N–H and O–H groups in total. The summed E-state index contributed by atoms with van der Waals surface area (Å²) in [6, 6.07) is 6.25. The van der Waals surface area contributed by atoms with Gasteiger partial charge in [0, 0.05) is 11.1 Å². The smallest absolute Gasteiger partial charge is 0.321 e. The van der Waals surface area contributed by atoms with Crippen LogP contribution < -0.4 is 16.0 Å². The Hall–Kier alpha value is -2.74. The number of nitrogens with zero attached hydrogens (tertiary/aromatic N) is 1. The number of anilines is 1. The fourth-order valence-corrected chi connectivity index (χ4v) is 2.91. The monoisotopic (exact) mass is 330 g/mol. The maximum Gasteiger partial charge on any atom is 0.322 e. The van der Waals surface area contributed by atoms with Gasteiger partial charge in [-0.15, -0.1) is 11.3 Å². The van der Waals surface area contributed by atoms with E-state index in [4.69, 9.17) is 0 Å². The van der Waals surface area contributed by atoms with Gasteiger partial charge in [0.1, 0.15) is 11.2 Å². The average Bonchev–Trinajstić information content (AvgIpc) is 3.04. The van der Waals surface area contributed by atoms with Crippen LogP contribution in [0, 0.1) is 6.92 Å². The van der Waals surface area contributed by atoms with Gasteiger partial charge in [-0.25, -0.2) is 9.78 Å². The molecule has 1 aliphatic heterocycles. The molecular weight excluding hydrogens is 316 g/mol. The molecule has 2 heterocycles. The predicted molar refractivity (Wildman–Crippen MR) is 85.3 cm³/mol. The normalized spacial score (nSPS) is 20.1. The van der Waals surface area contributed by atoms with Gasteiger partial charge in [0.25, 0.3) is 11.8 Å². The fraction of sp³-hybridized carbons (Fsp3) is 0.200. The lowest BCUT2D eigenvalue weighted by molar-refractivity contribution is -0.123. The van der Waals surface area contributed by atoms with Crippen LogP contribution in [0.4, 0.5) is 10.5 Å². The summed E-state index contributed by atoms with van der Waals surface area (Å²) in [5, 5.41) is 10.0. The molecule has 0 saturated carbocycles. The number of carbonyl (C=O) groups excluding carboxylic acids is 3. The van der Waals surface area contributed by atoms with Crippen molar-refractivity contribution in [3.05, 3.63) is 45.9 Å². The van der Waals surface area contributed by atoms with Crippen LogP contribution in [0.15, 0.2) is 29.6 Å². The Kier molecular flexibility index (Phi) is 3.61. The highest BCUT2D eigenvalue weighted by Crippen LogP contribution is 2.26. The summed E-state index contributed by atoms with van der Waals surface area (Å²) in [6.07, 6.45) is 0. The molecule has 0 aliphatic carbocycles. The standard InChI is InChI=1S/C15H14N4O3S/c1-8-16-11(7-23-8)12(20)17-10-5-3-4-9(6-10)15(2)13(21)18-14(22)19-15/h3-7H,1-2H3,(H,17,20)(H2,18,19,21,22). The lowest BCUT2D eigenvalue weighted by atomic mass is 9.92. The number of benzene rings is 1. The second-order valence-electron chi connectivity index (χ2n) is 5.32. The summed E-state index contributed by atoms with van der Waals surface area (Å²) in [7, 11) is 0. The van der Waals surface area contributed by atoms with Crippen molar-refractivity contribution in [1.29, 1.82) is 0 Å². The second kappa shape index (κ2) is 5.47. The summed E-state index contributed by atoms with van der Waals surface area (Å²) < 4.78 is 0. The molecule has 1 unspecified atom stereocenters. The molecular formula is C15H14N4O3S. The first-order valence-corrected chi connectivity index (χ1v) is 7.74. The highest BCUT2D eigenvalue weighted by Gasteiger charge is 2.43. The van der Waals surface area contributed by atoms with Crippen LogP contribution in [0.5, 0.6) is 0 Å². The van der Waals surface area contributed by atoms with Gasteiger partial charge in [-0.2, -0.15) is 0 Å². The summed E-state index contributed by atoms with van der Waals surface area (Å²) in [5.41, 5.74) is 0.284. The molecule has 1 aliphatic rings. The molecule has 1 fully saturated rings. The summed E-state index contributed by atoms with van der Waals surface area (Å²) in [6.45, 7) is 3.43. The first-order valence-electron chi connectivity index (χ1n) is 6.86. The van der Waals surface area contributed by atoms with Gasteiger partial charge in [-0.3, -0.25) is 14.9 Å². The highest BCUT2D eigenvalue weighted by molar-refractivity contribution is 7.09. The number of imide groups is 1.